The molecule has 0 saturated heterocycles. The van der Waals surface area contributed by atoms with Crippen LogP contribution >= 0.6 is 15.9 Å². The first kappa shape index (κ1) is 11.3. The Morgan fingerprint density at radius 1 is 1.50 bits per heavy atom. The van der Waals surface area contributed by atoms with Crippen molar-refractivity contribution in [3.63, 3.8) is 0 Å². The van der Waals surface area contributed by atoms with Crippen molar-refractivity contribution < 1.29 is 0 Å². The van der Waals surface area contributed by atoms with Crippen LogP contribution in [0.25, 0.3) is 0 Å². The van der Waals surface area contributed by atoms with Gasteiger partial charge in [-0.25, -0.2) is 0 Å². The average molecular weight is 252 g/mol. The third-order valence-corrected chi connectivity index (χ3v) is 3.31. The number of nitriles is 1. The molecule has 1 unspecified atom stereocenters. The highest BCUT2D eigenvalue weighted by atomic mass is 79.9. The molecule has 14 heavy (non-hydrogen) atoms. The Morgan fingerprint density at radius 3 is 2.79 bits per heavy atom. The molecule has 74 valence electrons. The van der Waals surface area contributed by atoms with Gasteiger partial charge >= 0.3 is 0 Å². The van der Waals surface area contributed by atoms with Crippen LogP contribution in [0.15, 0.2) is 22.7 Å². The summed E-state index contributed by atoms with van der Waals surface area (Å²) < 4.78 is 1.15. The van der Waals surface area contributed by atoms with E-state index < -0.39 is 0 Å². The van der Waals surface area contributed by atoms with Crippen molar-refractivity contribution >= 4 is 15.9 Å². The number of hydrogen-bond acceptors (Lipinski definition) is 1. The monoisotopic (exact) mass is 251 g/mol. The SMILES string of the molecule is Cc1ccc(C(C)CCC#N)cc1Br. The smallest absolute Gasteiger partial charge is 0.0621 e. The van der Waals surface area contributed by atoms with Crippen LogP contribution in [0.1, 0.15) is 36.8 Å². The molecular weight excluding hydrogens is 238 g/mol. The van der Waals surface area contributed by atoms with Crippen molar-refractivity contribution in [2.45, 2.75) is 32.6 Å². The van der Waals surface area contributed by atoms with E-state index in [-0.39, 0.29) is 0 Å². The van der Waals surface area contributed by atoms with Crippen LogP contribution in [0.5, 0.6) is 0 Å². The van der Waals surface area contributed by atoms with Gasteiger partial charge in [0.05, 0.1) is 6.07 Å². The normalized spacial score (nSPS) is 12.1. The van der Waals surface area contributed by atoms with E-state index in [2.05, 4.69) is 54.0 Å². The molecule has 0 spiro atoms. The van der Waals surface area contributed by atoms with Gasteiger partial charge in [0.1, 0.15) is 0 Å². The first-order valence-corrected chi connectivity index (χ1v) is 5.57. The van der Waals surface area contributed by atoms with Gasteiger partial charge in [0.25, 0.3) is 0 Å². The third kappa shape index (κ3) is 2.85. The minimum absolute atomic E-state index is 0.464. The van der Waals surface area contributed by atoms with Crippen LogP contribution in [0.3, 0.4) is 0 Å². The zero-order chi connectivity index (χ0) is 10.6. The number of rotatable bonds is 3. The highest BCUT2D eigenvalue weighted by molar-refractivity contribution is 9.10. The molecule has 0 aliphatic rings. The predicted molar refractivity (Wildman–Crippen MR) is 62.1 cm³/mol. The fraction of sp³-hybridized carbons (Fsp3) is 0.417. The lowest BCUT2D eigenvalue weighted by atomic mass is 9.96. The van der Waals surface area contributed by atoms with Crippen molar-refractivity contribution in [2.24, 2.45) is 0 Å². The summed E-state index contributed by atoms with van der Waals surface area (Å²) in [5.41, 5.74) is 2.55. The average Bonchev–Trinajstić information content (AvgIpc) is 2.18. The van der Waals surface area contributed by atoms with E-state index in [9.17, 15) is 0 Å². The molecule has 0 amide bonds. The molecule has 1 rings (SSSR count). The van der Waals surface area contributed by atoms with Crippen molar-refractivity contribution in [3.8, 4) is 6.07 Å². The van der Waals surface area contributed by atoms with Crippen molar-refractivity contribution in [3.05, 3.63) is 33.8 Å². The lowest BCUT2D eigenvalue weighted by Gasteiger charge is -2.11. The van der Waals surface area contributed by atoms with Gasteiger partial charge in [-0.05, 0) is 36.5 Å². The molecular formula is C12H14BrN. The molecule has 1 aromatic rings. The second-order valence-electron chi connectivity index (χ2n) is 3.61. The molecule has 0 aliphatic carbocycles. The molecule has 0 aliphatic heterocycles. The lowest BCUT2D eigenvalue weighted by molar-refractivity contribution is 0.695. The Morgan fingerprint density at radius 2 is 2.21 bits per heavy atom. The molecule has 0 aromatic heterocycles. The Kier molecular flexibility index (Phi) is 4.16. The van der Waals surface area contributed by atoms with E-state index in [1.165, 1.54) is 11.1 Å². The zero-order valence-electron chi connectivity index (χ0n) is 8.55. The zero-order valence-corrected chi connectivity index (χ0v) is 10.1. The van der Waals surface area contributed by atoms with Gasteiger partial charge in [0.2, 0.25) is 0 Å². The largest absolute Gasteiger partial charge is 0.198 e. The minimum atomic E-state index is 0.464. The summed E-state index contributed by atoms with van der Waals surface area (Å²) in [6, 6.07) is 8.59. The van der Waals surface area contributed by atoms with Crippen LogP contribution in [0.2, 0.25) is 0 Å². The fourth-order valence-electron chi connectivity index (χ4n) is 1.36. The van der Waals surface area contributed by atoms with Crippen LogP contribution in [-0.2, 0) is 0 Å². The van der Waals surface area contributed by atoms with Gasteiger partial charge in [0, 0.05) is 10.9 Å². The topological polar surface area (TPSA) is 23.8 Å². The van der Waals surface area contributed by atoms with Gasteiger partial charge in [-0.15, -0.1) is 0 Å². The summed E-state index contributed by atoms with van der Waals surface area (Å²) in [6.45, 7) is 4.24. The van der Waals surface area contributed by atoms with E-state index in [1.54, 1.807) is 0 Å². The molecule has 1 atom stereocenters. The van der Waals surface area contributed by atoms with Gasteiger partial charge in [-0.2, -0.15) is 5.26 Å². The number of benzene rings is 1. The second kappa shape index (κ2) is 5.17. The van der Waals surface area contributed by atoms with Crippen molar-refractivity contribution in [2.75, 3.05) is 0 Å². The van der Waals surface area contributed by atoms with Crippen LogP contribution in [-0.4, -0.2) is 0 Å². The first-order chi connectivity index (χ1) is 6.65. The maximum Gasteiger partial charge on any atom is 0.0621 e. The van der Waals surface area contributed by atoms with Gasteiger partial charge in [-0.1, -0.05) is 35.0 Å². The Bertz CT molecular complexity index is 352. The van der Waals surface area contributed by atoms with Gasteiger partial charge in [0.15, 0.2) is 0 Å². The number of nitrogens with zero attached hydrogens (tertiary/aromatic N) is 1. The summed E-state index contributed by atoms with van der Waals surface area (Å²) in [6.07, 6.45) is 1.57. The Balaban J connectivity index is 2.76. The van der Waals surface area contributed by atoms with Gasteiger partial charge in [-0.3, -0.25) is 0 Å². The third-order valence-electron chi connectivity index (χ3n) is 2.45. The van der Waals surface area contributed by atoms with Crippen molar-refractivity contribution in [1.82, 2.24) is 0 Å². The van der Waals surface area contributed by atoms with Crippen LogP contribution < -0.4 is 0 Å². The fourth-order valence-corrected chi connectivity index (χ4v) is 1.76. The van der Waals surface area contributed by atoms with E-state index in [0.717, 1.165) is 10.9 Å². The summed E-state index contributed by atoms with van der Waals surface area (Å²) in [5.74, 6) is 0.464. The van der Waals surface area contributed by atoms with E-state index in [1.807, 2.05) is 0 Å². The summed E-state index contributed by atoms with van der Waals surface area (Å²) in [7, 11) is 0. The Hall–Kier alpha value is -0.810. The second-order valence-corrected chi connectivity index (χ2v) is 4.46. The molecule has 0 heterocycles. The van der Waals surface area contributed by atoms with Crippen LogP contribution in [0.4, 0.5) is 0 Å². The van der Waals surface area contributed by atoms with Gasteiger partial charge < -0.3 is 0 Å². The highest BCUT2D eigenvalue weighted by Crippen LogP contribution is 2.25. The van der Waals surface area contributed by atoms with Crippen LogP contribution in [0, 0.1) is 18.3 Å². The highest BCUT2D eigenvalue weighted by Gasteiger charge is 2.06. The molecule has 0 fully saturated rings. The maximum absolute atomic E-state index is 8.50. The molecule has 2 heteroatoms. The summed E-state index contributed by atoms with van der Waals surface area (Å²) >= 11 is 3.52. The molecule has 1 aromatic carbocycles. The molecule has 0 saturated carbocycles. The van der Waals surface area contributed by atoms with E-state index >= 15 is 0 Å². The molecule has 0 radical (unpaired) electrons. The first-order valence-electron chi connectivity index (χ1n) is 4.78. The quantitative estimate of drug-likeness (QED) is 0.792. The molecule has 1 nitrogen and oxygen atoms in total. The predicted octanol–water partition coefficient (Wildman–Crippen LogP) is 4.16. The molecule has 0 N–H and O–H groups in total. The maximum atomic E-state index is 8.50. The molecule has 0 bridgehead atoms. The summed E-state index contributed by atoms with van der Waals surface area (Å²) in [4.78, 5) is 0. The van der Waals surface area contributed by atoms with E-state index in [0.29, 0.717) is 12.3 Å². The summed E-state index contributed by atoms with van der Waals surface area (Å²) in [5, 5.41) is 8.50. The lowest BCUT2D eigenvalue weighted by Crippen LogP contribution is -1.93. The van der Waals surface area contributed by atoms with Crippen molar-refractivity contribution in [1.29, 1.82) is 5.26 Å². The number of aryl methyl sites for hydroxylation is 1. The minimum Gasteiger partial charge on any atom is -0.198 e. The van der Waals surface area contributed by atoms with E-state index in [4.69, 9.17) is 5.26 Å². The standard InChI is InChI=1S/C12H14BrN/c1-9(4-3-7-14)11-6-5-10(2)12(13)8-11/h5-6,8-9H,3-4H2,1-2H3. The number of halogens is 1. The number of hydrogen-bond donors (Lipinski definition) is 0. The Labute approximate surface area is 93.9 Å².